The molecule has 0 aromatic heterocycles. The highest BCUT2D eigenvalue weighted by molar-refractivity contribution is 7.84. The molecule has 0 bridgehead atoms. The molecule has 0 fully saturated rings. The lowest BCUT2D eigenvalue weighted by Crippen LogP contribution is -2.34. The Morgan fingerprint density at radius 3 is 2.33 bits per heavy atom. The molecule has 1 aromatic carbocycles. The largest absolute Gasteiger partial charge is 0.465 e. The minimum atomic E-state index is -4.40. The zero-order valence-electron chi connectivity index (χ0n) is 13.4. The predicted molar refractivity (Wildman–Crippen MR) is 87.0 cm³/mol. The molecule has 0 spiro atoms. The Kier molecular flexibility index (Phi) is 8.41. The van der Waals surface area contributed by atoms with Gasteiger partial charge in [-0.25, -0.2) is 0 Å². The fraction of sp³-hybridized carbons (Fsp3) is 0.562. The molecular formula is C16H22F3NO3S. The quantitative estimate of drug-likeness (QED) is 0.683. The van der Waals surface area contributed by atoms with Crippen molar-refractivity contribution in [2.75, 3.05) is 18.1 Å². The average molecular weight is 365 g/mol. The Morgan fingerprint density at radius 2 is 1.79 bits per heavy atom. The first-order valence-electron chi connectivity index (χ1n) is 7.64. The molecule has 0 heterocycles. The van der Waals surface area contributed by atoms with Crippen LogP contribution < -0.4 is 5.73 Å². The molecule has 0 aliphatic rings. The van der Waals surface area contributed by atoms with E-state index in [9.17, 15) is 22.2 Å². The van der Waals surface area contributed by atoms with E-state index in [-0.39, 0.29) is 36.5 Å². The van der Waals surface area contributed by atoms with Gasteiger partial charge in [-0.3, -0.25) is 9.00 Å². The SMILES string of the molecule is CCOC(=O)C(N)CCS(=O)CCC(c1ccccc1)C(F)(F)F. The molecule has 0 aliphatic heterocycles. The maximum Gasteiger partial charge on any atom is 0.395 e. The first-order chi connectivity index (χ1) is 11.3. The zero-order valence-corrected chi connectivity index (χ0v) is 14.2. The Labute approximate surface area is 142 Å². The van der Waals surface area contributed by atoms with Crippen LogP contribution in [-0.2, 0) is 20.3 Å². The summed E-state index contributed by atoms with van der Waals surface area (Å²) in [7, 11) is -1.48. The Bertz CT molecular complexity index is 537. The highest BCUT2D eigenvalue weighted by Gasteiger charge is 2.40. The zero-order chi connectivity index (χ0) is 18.2. The third-order valence-electron chi connectivity index (χ3n) is 3.48. The second-order valence-corrected chi connectivity index (χ2v) is 6.98. The van der Waals surface area contributed by atoms with Gasteiger partial charge in [0.25, 0.3) is 0 Å². The van der Waals surface area contributed by atoms with Gasteiger partial charge in [-0.1, -0.05) is 30.3 Å². The molecule has 0 saturated heterocycles. The van der Waals surface area contributed by atoms with E-state index < -0.39 is 34.9 Å². The molecule has 0 aliphatic carbocycles. The molecule has 136 valence electrons. The molecule has 0 radical (unpaired) electrons. The van der Waals surface area contributed by atoms with Crippen molar-refractivity contribution in [2.45, 2.75) is 37.9 Å². The number of alkyl halides is 3. The van der Waals surface area contributed by atoms with Crippen molar-refractivity contribution >= 4 is 16.8 Å². The molecule has 8 heteroatoms. The summed E-state index contributed by atoms with van der Waals surface area (Å²) < 4.78 is 56.2. The number of carbonyl (C=O) groups is 1. The Balaban J connectivity index is 2.53. The summed E-state index contributed by atoms with van der Waals surface area (Å²) in [4.78, 5) is 11.3. The number of esters is 1. The molecule has 0 amide bonds. The van der Waals surface area contributed by atoms with E-state index in [2.05, 4.69) is 0 Å². The molecular weight excluding hydrogens is 343 g/mol. The van der Waals surface area contributed by atoms with Gasteiger partial charge in [-0.05, 0) is 25.3 Å². The first-order valence-corrected chi connectivity index (χ1v) is 9.13. The van der Waals surface area contributed by atoms with Gasteiger partial charge in [0.05, 0.1) is 12.5 Å². The minimum Gasteiger partial charge on any atom is -0.465 e. The lowest BCUT2D eigenvalue weighted by molar-refractivity contribution is -0.150. The van der Waals surface area contributed by atoms with Crippen LogP contribution in [0.2, 0.25) is 0 Å². The molecule has 2 N–H and O–H groups in total. The summed E-state index contributed by atoms with van der Waals surface area (Å²) in [6.07, 6.45) is -4.55. The van der Waals surface area contributed by atoms with Crippen molar-refractivity contribution in [3.05, 3.63) is 35.9 Å². The van der Waals surface area contributed by atoms with Crippen LogP contribution in [0.4, 0.5) is 13.2 Å². The van der Waals surface area contributed by atoms with Crippen molar-refractivity contribution in [3.63, 3.8) is 0 Å². The van der Waals surface area contributed by atoms with Crippen molar-refractivity contribution in [1.29, 1.82) is 0 Å². The molecule has 3 unspecified atom stereocenters. The summed E-state index contributed by atoms with van der Waals surface area (Å²) in [6.45, 7) is 1.84. The van der Waals surface area contributed by atoms with Crippen molar-refractivity contribution in [1.82, 2.24) is 0 Å². The normalized spacial score (nSPS) is 15.5. The van der Waals surface area contributed by atoms with Crippen LogP contribution in [0.15, 0.2) is 30.3 Å². The van der Waals surface area contributed by atoms with Gasteiger partial charge in [-0.2, -0.15) is 13.2 Å². The molecule has 1 aromatic rings. The predicted octanol–water partition coefficient (Wildman–Crippen LogP) is 2.75. The van der Waals surface area contributed by atoms with E-state index in [1.54, 1.807) is 25.1 Å². The lowest BCUT2D eigenvalue weighted by atomic mass is 9.96. The molecule has 24 heavy (non-hydrogen) atoms. The minimum absolute atomic E-state index is 0.0688. The van der Waals surface area contributed by atoms with Gasteiger partial charge in [0.1, 0.15) is 6.04 Å². The molecule has 0 saturated carbocycles. The Hall–Kier alpha value is -1.41. The number of benzene rings is 1. The fourth-order valence-electron chi connectivity index (χ4n) is 2.18. The van der Waals surface area contributed by atoms with Gasteiger partial charge in [0.2, 0.25) is 0 Å². The van der Waals surface area contributed by atoms with Gasteiger partial charge >= 0.3 is 12.1 Å². The third-order valence-corrected chi connectivity index (χ3v) is 4.86. The van der Waals surface area contributed by atoms with Crippen LogP contribution >= 0.6 is 0 Å². The fourth-order valence-corrected chi connectivity index (χ4v) is 3.40. The van der Waals surface area contributed by atoms with Gasteiger partial charge in [0.15, 0.2) is 0 Å². The topological polar surface area (TPSA) is 69.4 Å². The van der Waals surface area contributed by atoms with E-state index in [0.29, 0.717) is 0 Å². The van der Waals surface area contributed by atoms with Crippen LogP contribution in [0.25, 0.3) is 0 Å². The van der Waals surface area contributed by atoms with E-state index in [1.165, 1.54) is 12.1 Å². The van der Waals surface area contributed by atoms with Gasteiger partial charge < -0.3 is 10.5 Å². The van der Waals surface area contributed by atoms with Crippen molar-refractivity contribution in [3.8, 4) is 0 Å². The van der Waals surface area contributed by atoms with E-state index >= 15 is 0 Å². The second kappa shape index (κ2) is 9.78. The van der Waals surface area contributed by atoms with E-state index in [0.717, 1.165) is 0 Å². The summed E-state index contributed by atoms with van der Waals surface area (Å²) >= 11 is 0. The number of halogens is 3. The van der Waals surface area contributed by atoms with Crippen LogP contribution in [-0.4, -0.2) is 40.5 Å². The summed E-state index contributed by atoms with van der Waals surface area (Å²) in [5, 5.41) is 0. The van der Waals surface area contributed by atoms with E-state index in [1.807, 2.05) is 0 Å². The van der Waals surface area contributed by atoms with Crippen molar-refractivity contribution < 1.29 is 26.9 Å². The summed E-state index contributed by atoms with van der Waals surface area (Å²) in [5.41, 5.74) is 5.74. The third kappa shape index (κ3) is 7.00. The van der Waals surface area contributed by atoms with Crippen LogP contribution in [0, 0.1) is 0 Å². The number of ether oxygens (including phenoxy) is 1. The Morgan fingerprint density at radius 1 is 1.21 bits per heavy atom. The number of hydrogen-bond donors (Lipinski definition) is 1. The number of hydrogen-bond acceptors (Lipinski definition) is 4. The van der Waals surface area contributed by atoms with Crippen LogP contribution in [0.5, 0.6) is 0 Å². The van der Waals surface area contributed by atoms with E-state index in [4.69, 9.17) is 10.5 Å². The highest BCUT2D eigenvalue weighted by atomic mass is 32.2. The maximum absolute atomic E-state index is 13.2. The van der Waals surface area contributed by atoms with Crippen LogP contribution in [0.1, 0.15) is 31.2 Å². The molecule has 3 atom stereocenters. The first kappa shape index (κ1) is 20.6. The number of carbonyl (C=O) groups excluding carboxylic acids is 1. The highest BCUT2D eigenvalue weighted by Crippen LogP contribution is 2.37. The summed E-state index contributed by atoms with van der Waals surface area (Å²) in [5.74, 6) is -2.28. The van der Waals surface area contributed by atoms with Gasteiger partial charge in [-0.15, -0.1) is 0 Å². The summed E-state index contributed by atoms with van der Waals surface area (Å²) in [6, 6.07) is 6.66. The van der Waals surface area contributed by atoms with Crippen molar-refractivity contribution in [2.24, 2.45) is 5.73 Å². The van der Waals surface area contributed by atoms with Gasteiger partial charge in [0, 0.05) is 22.3 Å². The number of nitrogens with two attached hydrogens (primary N) is 1. The molecule has 1 rings (SSSR count). The lowest BCUT2D eigenvalue weighted by Gasteiger charge is -2.20. The smallest absolute Gasteiger partial charge is 0.395 e. The molecule has 4 nitrogen and oxygen atoms in total. The standard InChI is InChI=1S/C16H22F3NO3S/c1-2-23-15(21)14(20)9-11-24(22)10-8-13(16(17,18)19)12-6-4-3-5-7-12/h3-7,13-14H,2,8-11,20H2,1H3. The number of rotatable bonds is 9. The second-order valence-electron chi connectivity index (χ2n) is 5.29. The average Bonchev–Trinajstić information content (AvgIpc) is 2.52. The maximum atomic E-state index is 13.2. The monoisotopic (exact) mass is 365 g/mol. The van der Waals surface area contributed by atoms with Crippen LogP contribution in [0.3, 0.4) is 0 Å².